The summed E-state index contributed by atoms with van der Waals surface area (Å²) in [6.45, 7) is 5.68. The number of carbonyl (C=O) groups excluding carboxylic acids is 1. The number of hydrogen-bond acceptors (Lipinski definition) is 3. The molecular weight excluding hydrogens is 330 g/mol. The van der Waals surface area contributed by atoms with E-state index < -0.39 is 0 Å². The van der Waals surface area contributed by atoms with E-state index in [0.717, 1.165) is 21.2 Å². The van der Waals surface area contributed by atoms with E-state index in [0.29, 0.717) is 22.6 Å². The third-order valence-corrected chi connectivity index (χ3v) is 4.54. The van der Waals surface area contributed by atoms with Gasteiger partial charge in [-0.15, -0.1) is 0 Å². The highest BCUT2D eigenvalue weighted by Crippen LogP contribution is 2.34. The third kappa shape index (κ3) is 2.68. The molecule has 0 atom stereocenters. The van der Waals surface area contributed by atoms with Crippen molar-refractivity contribution in [2.75, 3.05) is 12.8 Å². The summed E-state index contributed by atoms with van der Waals surface area (Å²) in [6.07, 6.45) is 0. The highest BCUT2D eigenvalue weighted by molar-refractivity contribution is 9.10. The first-order valence-electron chi connectivity index (χ1n) is 6.62. The average Bonchev–Trinajstić information content (AvgIpc) is 2.44. The minimum Gasteiger partial charge on any atom is -0.496 e. The van der Waals surface area contributed by atoms with Crippen molar-refractivity contribution in [3.63, 3.8) is 0 Å². The number of hydrogen-bond donors (Lipinski definition) is 1. The summed E-state index contributed by atoms with van der Waals surface area (Å²) >= 11 is 3.50. The van der Waals surface area contributed by atoms with Gasteiger partial charge in [0.2, 0.25) is 0 Å². The van der Waals surface area contributed by atoms with Crippen LogP contribution in [0.5, 0.6) is 5.75 Å². The maximum atomic E-state index is 13.0. The van der Waals surface area contributed by atoms with Gasteiger partial charge in [0.25, 0.3) is 0 Å². The number of rotatable bonds is 3. The molecule has 2 aromatic rings. The second-order valence-corrected chi connectivity index (χ2v) is 5.91. The molecule has 0 aliphatic heterocycles. The summed E-state index contributed by atoms with van der Waals surface area (Å²) in [5.41, 5.74) is 10.3. The molecule has 0 aromatic heterocycles. The highest BCUT2D eigenvalue weighted by atomic mass is 79.9. The number of ether oxygens (including phenoxy) is 1. The van der Waals surface area contributed by atoms with Gasteiger partial charge in [-0.3, -0.25) is 4.79 Å². The standard InChI is InChI=1S/C17H18BrNO2/c1-9-8-13(18)11(3)15(17(9)21-4)16(20)12-6-5-7-14(19)10(12)2/h5-8H,19H2,1-4H3. The number of halogens is 1. The van der Waals surface area contributed by atoms with Gasteiger partial charge >= 0.3 is 0 Å². The summed E-state index contributed by atoms with van der Waals surface area (Å²) < 4.78 is 6.35. The molecule has 110 valence electrons. The van der Waals surface area contributed by atoms with Gasteiger partial charge in [0, 0.05) is 15.7 Å². The van der Waals surface area contributed by atoms with E-state index in [9.17, 15) is 4.79 Å². The van der Waals surface area contributed by atoms with Gasteiger partial charge in [-0.25, -0.2) is 0 Å². The molecule has 0 heterocycles. The molecule has 2 aromatic carbocycles. The Morgan fingerprint density at radius 2 is 1.86 bits per heavy atom. The van der Waals surface area contributed by atoms with Crippen molar-refractivity contribution in [3.05, 3.63) is 56.6 Å². The van der Waals surface area contributed by atoms with E-state index in [2.05, 4.69) is 15.9 Å². The van der Waals surface area contributed by atoms with E-state index in [4.69, 9.17) is 10.5 Å². The van der Waals surface area contributed by atoms with Crippen molar-refractivity contribution in [2.24, 2.45) is 0 Å². The van der Waals surface area contributed by atoms with E-state index in [1.807, 2.05) is 26.8 Å². The molecule has 0 aliphatic rings. The van der Waals surface area contributed by atoms with Crippen LogP contribution < -0.4 is 10.5 Å². The lowest BCUT2D eigenvalue weighted by molar-refractivity contribution is 0.103. The van der Waals surface area contributed by atoms with Gasteiger partial charge in [-0.1, -0.05) is 28.1 Å². The molecule has 2 N–H and O–H groups in total. The Balaban J connectivity index is 2.72. The van der Waals surface area contributed by atoms with Crippen molar-refractivity contribution in [1.82, 2.24) is 0 Å². The number of nitrogens with two attached hydrogens (primary N) is 1. The lowest BCUT2D eigenvalue weighted by Gasteiger charge is -2.16. The molecule has 2 rings (SSSR count). The maximum Gasteiger partial charge on any atom is 0.197 e. The normalized spacial score (nSPS) is 10.5. The predicted octanol–water partition coefficient (Wildman–Crippen LogP) is 4.20. The Bertz CT molecular complexity index is 723. The number of benzene rings is 2. The first kappa shape index (κ1) is 15.6. The Kier molecular flexibility index (Phi) is 4.37. The van der Waals surface area contributed by atoms with Crippen LogP contribution in [-0.2, 0) is 0 Å². The van der Waals surface area contributed by atoms with Crippen molar-refractivity contribution in [2.45, 2.75) is 20.8 Å². The molecule has 0 saturated carbocycles. The summed E-state index contributed by atoms with van der Waals surface area (Å²) in [5.74, 6) is 0.543. The second-order valence-electron chi connectivity index (χ2n) is 5.06. The van der Waals surface area contributed by atoms with Crippen LogP contribution in [0.4, 0.5) is 5.69 Å². The minimum atomic E-state index is -0.0708. The third-order valence-electron chi connectivity index (χ3n) is 3.71. The van der Waals surface area contributed by atoms with E-state index in [1.165, 1.54) is 0 Å². The van der Waals surface area contributed by atoms with Crippen LogP contribution in [0.3, 0.4) is 0 Å². The molecule has 0 fully saturated rings. The van der Waals surface area contributed by atoms with Gasteiger partial charge in [-0.05, 0) is 49.6 Å². The zero-order valence-electron chi connectivity index (χ0n) is 12.6. The predicted molar refractivity (Wildman–Crippen MR) is 89.2 cm³/mol. The van der Waals surface area contributed by atoms with E-state index in [-0.39, 0.29) is 5.78 Å². The van der Waals surface area contributed by atoms with Crippen LogP contribution in [0.15, 0.2) is 28.7 Å². The number of nitrogen functional groups attached to an aromatic ring is 1. The molecule has 0 bridgehead atoms. The summed E-state index contributed by atoms with van der Waals surface area (Å²) in [6, 6.07) is 7.34. The van der Waals surface area contributed by atoms with Gasteiger partial charge in [0.05, 0.1) is 12.7 Å². The zero-order valence-corrected chi connectivity index (χ0v) is 14.2. The van der Waals surface area contributed by atoms with Crippen LogP contribution >= 0.6 is 15.9 Å². The Labute approximate surface area is 133 Å². The topological polar surface area (TPSA) is 52.3 Å². The smallest absolute Gasteiger partial charge is 0.197 e. The highest BCUT2D eigenvalue weighted by Gasteiger charge is 2.22. The van der Waals surface area contributed by atoms with E-state index in [1.54, 1.807) is 25.3 Å². The lowest BCUT2D eigenvalue weighted by Crippen LogP contribution is -2.10. The molecule has 0 saturated heterocycles. The van der Waals surface area contributed by atoms with Crippen molar-refractivity contribution >= 4 is 27.4 Å². The first-order valence-corrected chi connectivity index (χ1v) is 7.41. The second kappa shape index (κ2) is 5.90. The molecular formula is C17H18BrNO2. The molecule has 0 spiro atoms. The SMILES string of the molecule is COc1c(C)cc(Br)c(C)c1C(=O)c1cccc(N)c1C. The Hall–Kier alpha value is -1.81. The summed E-state index contributed by atoms with van der Waals surface area (Å²) in [4.78, 5) is 13.0. The van der Waals surface area contributed by atoms with Crippen molar-refractivity contribution in [3.8, 4) is 5.75 Å². The molecule has 0 unspecified atom stereocenters. The lowest BCUT2D eigenvalue weighted by atomic mass is 9.93. The van der Waals surface area contributed by atoms with Gasteiger partial charge in [0.1, 0.15) is 5.75 Å². The molecule has 3 nitrogen and oxygen atoms in total. The van der Waals surface area contributed by atoms with Crippen molar-refractivity contribution in [1.29, 1.82) is 0 Å². The number of anilines is 1. The monoisotopic (exact) mass is 347 g/mol. The van der Waals surface area contributed by atoms with Crippen LogP contribution in [0, 0.1) is 20.8 Å². The largest absolute Gasteiger partial charge is 0.496 e. The molecule has 21 heavy (non-hydrogen) atoms. The fourth-order valence-corrected chi connectivity index (χ4v) is 2.96. The summed E-state index contributed by atoms with van der Waals surface area (Å²) in [7, 11) is 1.58. The first-order chi connectivity index (χ1) is 9.88. The number of ketones is 1. The molecule has 0 aliphatic carbocycles. The molecule has 4 heteroatoms. The van der Waals surface area contributed by atoms with Crippen LogP contribution in [-0.4, -0.2) is 12.9 Å². The van der Waals surface area contributed by atoms with E-state index >= 15 is 0 Å². The zero-order chi connectivity index (χ0) is 15.7. The average molecular weight is 348 g/mol. The van der Waals surface area contributed by atoms with Crippen LogP contribution in [0.1, 0.15) is 32.6 Å². The van der Waals surface area contributed by atoms with Crippen LogP contribution in [0.25, 0.3) is 0 Å². The van der Waals surface area contributed by atoms with Gasteiger partial charge in [-0.2, -0.15) is 0 Å². The fourth-order valence-electron chi connectivity index (χ4n) is 2.42. The van der Waals surface area contributed by atoms with Gasteiger partial charge < -0.3 is 10.5 Å². The quantitative estimate of drug-likeness (QED) is 0.668. The fraction of sp³-hybridized carbons (Fsp3) is 0.235. The van der Waals surface area contributed by atoms with Crippen LogP contribution in [0.2, 0.25) is 0 Å². The Morgan fingerprint density at radius 1 is 1.19 bits per heavy atom. The van der Waals surface area contributed by atoms with Gasteiger partial charge in [0.15, 0.2) is 5.78 Å². The summed E-state index contributed by atoms with van der Waals surface area (Å²) in [5, 5.41) is 0. The van der Waals surface area contributed by atoms with Crippen molar-refractivity contribution < 1.29 is 9.53 Å². The molecule has 0 radical (unpaired) electrons. The Morgan fingerprint density at radius 3 is 2.48 bits per heavy atom. The molecule has 0 amide bonds. The maximum absolute atomic E-state index is 13.0. The number of aryl methyl sites for hydroxylation is 1. The minimum absolute atomic E-state index is 0.0708. The number of methoxy groups -OCH3 is 1. The number of carbonyl (C=O) groups is 1.